The van der Waals surface area contributed by atoms with Crippen molar-refractivity contribution in [2.24, 2.45) is 0 Å². The Morgan fingerprint density at radius 1 is 1.00 bits per heavy atom. The van der Waals surface area contributed by atoms with Gasteiger partial charge in [0.05, 0.1) is 53.8 Å². The van der Waals surface area contributed by atoms with E-state index >= 15 is 0 Å². The number of ether oxygens (including phenoxy) is 1. The van der Waals surface area contributed by atoms with Crippen LogP contribution < -0.4 is 5.73 Å². The van der Waals surface area contributed by atoms with Crippen LogP contribution in [0.15, 0.2) is 54.9 Å². The Bertz CT molecular complexity index is 1360. The van der Waals surface area contributed by atoms with Crippen LogP contribution in [-0.4, -0.2) is 47.3 Å². The lowest BCUT2D eigenvalue weighted by molar-refractivity contribution is 0.181. The number of pyridine rings is 1. The molecule has 0 amide bonds. The molecule has 0 aliphatic rings. The fourth-order valence-electron chi connectivity index (χ4n) is 3.35. The zero-order valence-electron chi connectivity index (χ0n) is 16.7. The van der Waals surface area contributed by atoms with E-state index in [-0.39, 0.29) is 5.95 Å². The Morgan fingerprint density at radius 2 is 1.87 bits per heavy atom. The van der Waals surface area contributed by atoms with Crippen LogP contribution in [0.1, 0.15) is 11.4 Å². The standard InChI is InChI=1S/C21H19N9O/c1-31-12-16-4-2-3-15(24-16)10-30-11-20(28-29-30)19-8-17(25-21(22)26-19)13-5-6-14-9-23-27-18(14)7-13/h2-9,11H,10,12H2,1H3,(H,23,27)(H2,22,25,26). The molecule has 0 radical (unpaired) electrons. The summed E-state index contributed by atoms with van der Waals surface area (Å²) in [6.07, 6.45) is 3.59. The van der Waals surface area contributed by atoms with E-state index in [1.165, 1.54) is 0 Å². The van der Waals surface area contributed by atoms with Gasteiger partial charge in [0.1, 0.15) is 5.69 Å². The van der Waals surface area contributed by atoms with E-state index in [1.807, 2.05) is 48.7 Å². The molecule has 0 spiro atoms. The lowest BCUT2D eigenvalue weighted by atomic mass is 10.1. The zero-order valence-corrected chi connectivity index (χ0v) is 16.7. The van der Waals surface area contributed by atoms with E-state index < -0.39 is 0 Å². The van der Waals surface area contributed by atoms with Gasteiger partial charge in [-0.2, -0.15) is 5.10 Å². The van der Waals surface area contributed by atoms with E-state index in [4.69, 9.17) is 10.5 Å². The summed E-state index contributed by atoms with van der Waals surface area (Å²) < 4.78 is 6.86. The molecule has 1 aromatic carbocycles. The maximum absolute atomic E-state index is 5.98. The normalized spacial score (nSPS) is 11.3. The summed E-state index contributed by atoms with van der Waals surface area (Å²) >= 11 is 0. The largest absolute Gasteiger partial charge is 0.378 e. The van der Waals surface area contributed by atoms with Gasteiger partial charge in [-0.1, -0.05) is 23.4 Å². The number of benzene rings is 1. The number of hydrogen-bond donors (Lipinski definition) is 2. The first kappa shape index (κ1) is 18.8. The predicted molar refractivity (Wildman–Crippen MR) is 115 cm³/mol. The van der Waals surface area contributed by atoms with E-state index in [0.717, 1.165) is 27.9 Å². The molecule has 10 heteroatoms. The number of aromatic nitrogens is 8. The molecule has 5 aromatic rings. The molecular formula is C21H19N9O. The molecule has 0 aliphatic carbocycles. The van der Waals surface area contributed by atoms with Gasteiger partial charge in [0.2, 0.25) is 5.95 Å². The van der Waals surface area contributed by atoms with Crippen LogP contribution in [0.5, 0.6) is 0 Å². The number of nitrogens with one attached hydrogen (secondary N) is 1. The van der Waals surface area contributed by atoms with E-state index in [9.17, 15) is 0 Å². The maximum Gasteiger partial charge on any atom is 0.221 e. The zero-order chi connectivity index (χ0) is 21.2. The average Bonchev–Trinajstić information content (AvgIpc) is 3.43. The Labute approximate surface area is 177 Å². The molecule has 0 saturated heterocycles. The molecule has 3 N–H and O–H groups in total. The molecule has 31 heavy (non-hydrogen) atoms. The number of fused-ring (bicyclic) bond motifs is 1. The van der Waals surface area contributed by atoms with Crippen molar-refractivity contribution >= 4 is 16.9 Å². The Hall–Kier alpha value is -4.18. The molecule has 4 heterocycles. The van der Waals surface area contributed by atoms with Gasteiger partial charge in [-0.3, -0.25) is 10.1 Å². The monoisotopic (exact) mass is 413 g/mol. The van der Waals surface area contributed by atoms with Crippen LogP contribution in [0.2, 0.25) is 0 Å². The number of rotatable bonds is 6. The number of nitrogens with two attached hydrogens (primary N) is 1. The molecule has 0 fully saturated rings. The van der Waals surface area contributed by atoms with Crippen molar-refractivity contribution in [3.63, 3.8) is 0 Å². The van der Waals surface area contributed by atoms with Crippen LogP contribution in [0.3, 0.4) is 0 Å². The lowest BCUT2D eigenvalue weighted by Crippen LogP contribution is -2.04. The van der Waals surface area contributed by atoms with Crippen molar-refractivity contribution < 1.29 is 4.74 Å². The topological polar surface area (TPSA) is 133 Å². The lowest BCUT2D eigenvalue weighted by Gasteiger charge is -2.05. The third-order valence-corrected chi connectivity index (χ3v) is 4.76. The molecule has 0 bridgehead atoms. The smallest absolute Gasteiger partial charge is 0.221 e. The number of anilines is 1. The molecule has 10 nitrogen and oxygen atoms in total. The van der Waals surface area contributed by atoms with E-state index in [0.29, 0.717) is 30.2 Å². The first-order chi connectivity index (χ1) is 15.2. The molecular weight excluding hydrogens is 394 g/mol. The second kappa shape index (κ2) is 7.92. The van der Waals surface area contributed by atoms with Crippen LogP contribution in [0.25, 0.3) is 33.5 Å². The fourth-order valence-corrected chi connectivity index (χ4v) is 3.35. The molecule has 4 aromatic heterocycles. The van der Waals surface area contributed by atoms with Gasteiger partial charge in [0.15, 0.2) is 0 Å². The third kappa shape index (κ3) is 3.96. The molecule has 0 unspecified atom stereocenters. The summed E-state index contributed by atoms with van der Waals surface area (Å²) in [5, 5.41) is 16.5. The number of nitrogen functional groups attached to an aromatic ring is 1. The highest BCUT2D eigenvalue weighted by Gasteiger charge is 2.12. The first-order valence-corrected chi connectivity index (χ1v) is 9.60. The van der Waals surface area contributed by atoms with Gasteiger partial charge in [0.25, 0.3) is 0 Å². The fraction of sp³-hybridized carbons (Fsp3) is 0.143. The summed E-state index contributed by atoms with van der Waals surface area (Å²) in [5.74, 6) is 0.167. The first-order valence-electron chi connectivity index (χ1n) is 9.60. The number of H-pyrrole nitrogens is 1. The van der Waals surface area contributed by atoms with E-state index in [1.54, 1.807) is 18.0 Å². The maximum atomic E-state index is 5.98. The SMILES string of the molecule is COCc1cccc(Cn2cc(-c3cc(-c4ccc5cn[nH]c5c4)nc(N)n3)nn2)n1. The molecule has 0 atom stereocenters. The molecule has 5 rings (SSSR count). The minimum absolute atomic E-state index is 0.167. The summed E-state index contributed by atoms with van der Waals surface area (Å²) in [6.45, 7) is 0.943. The van der Waals surface area contributed by atoms with Gasteiger partial charge in [-0.25, -0.2) is 14.6 Å². The van der Waals surface area contributed by atoms with Crippen LogP contribution in [0, 0.1) is 0 Å². The summed E-state index contributed by atoms with van der Waals surface area (Å²) in [7, 11) is 1.65. The number of nitrogens with zero attached hydrogens (tertiary/aromatic N) is 7. The van der Waals surface area contributed by atoms with Gasteiger partial charge < -0.3 is 10.5 Å². The predicted octanol–water partition coefficient (Wildman–Crippen LogP) is 2.45. The summed E-state index contributed by atoms with van der Waals surface area (Å²) in [4.78, 5) is 13.3. The van der Waals surface area contributed by atoms with Gasteiger partial charge in [-0.05, 0) is 24.3 Å². The Balaban J connectivity index is 1.43. The highest BCUT2D eigenvalue weighted by atomic mass is 16.5. The van der Waals surface area contributed by atoms with Crippen molar-refractivity contribution in [3.8, 4) is 22.6 Å². The third-order valence-electron chi connectivity index (χ3n) is 4.76. The van der Waals surface area contributed by atoms with Crippen molar-refractivity contribution in [3.05, 3.63) is 66.2 Å². The number of hydrogen-bond acceptors (Lipinski definition) is 8. The minimum Gasteiger partial charge on any atom is -0.378 e. The van der Waals surface area contributed by atoms with Crippen molar-refractivity contribution in [2.45, 2.75) is 13.2 Å². The van der Waals surface area contributed by atoms with E-state index in [2.05, 4.69) is 35.5 Å². The minimum atomic E-state index is 0.167. The van der Waals surface area contributed by atoms with Gasteiger partial charge in [-0.15, -0.1) is 5.10 Å². The van der Waals surface area contributed by atoms with Crippen LogP contribution >= 0.6 is 0 Å². The Morgan fingerprint density at radius 3 is 2.77 bits per heavy atom. The number of aromatic amines is 1. The molecule has 0 aliphatic heterocycles. The van der Waals surface area contributed by atoms with Crippen molar-refractivity contribution in [1.82, 2.24) is 40.1 Å². The number of methoxy groups -OCH3 is 1. The highest BCUT2D eigenvalue weighted by molar-refractivity contribution is 5.83. The highest BCUT2D eigenvalue weighted by Crippen LogP contribution is 2.25. The second-order valence-electron chi connectivity index (χ2n) is 7.02. The summed E-state index contributed by atoms with van der Waals surface area (Å²) in [5.41, 5.74) is 11.4. The van der Waals surface area contributed by atoms with Crippen LogP contribution in [0.4, 0.5) is 5.95 Å². The Kier molecular flexibility index (Phi) is 4.81. The van der Waals surface area contributed by atoms with Gasteiger partial charge >= 0.3 is 0 Å². The van der Waals surface area contributed by atoms with Crippen molar-refractivity contribution in [2.75, 3.05) is 12.8 Å². The van der Waals surface area contributed by atoms with Gasteiger partial charge in [0, 0.05) is 18.1 Å². The summed E-state index contributed by atoms with van der Waals surface area (Å²) in [6, 6.07) is 13.6. The second-order valence-corrected chi connectivity index (χ2v) is 7.02. The molecule has 0 saturated carbocycles. The molecule has 154 valence electrons. The van der Waals surface area contributed by atoms with Crippen molar-refractivity contribution in [1.29, 1.82) is 0 Å². The quantitative estimate of drug-likeness (QED) is 0.434. The van der Waals surface area contributed by atoms with Crippen LogP contribution in [-0.2, 0) is 17.9 Å². The average molecular weight is 413 g/mol.